The summed E-state index contributed by atoms with van der Waals surface area (Å²) >= 11 is 0. The van der Waals surface area contributed by atoms with E-state index in [-0.39, 0.29) is 11.9 Å². The molecule has 1 amide bonds. The van der Waals surface area contributed by atoms with E-state index in [1.165, 1.54) is 5.56 Å². The number of fused-ring (bicyclic) bond motifs is 1. The van der Waals surface area contributed by atoms with Crippen LogP contribution >= 0.6 is 0 Å². The lowest BCUT2D eigenvalue weighted by molar-refractivity contribution is -0.127. The number of carbonyl (C=O) groups excluding carboxylic acids is 1. The Morgan fingerprint density at radius 2 is 1.93 bits per heavy atom. The molecular weight excluding hydrogens is 340 g/mol. The van der Waals surface area contributed by atoms with Crippen molar-refractivity contribution in [2.45, 2.75) is 18.9 Å². The Hall–Kier alpha value is -3.15. The van der Waals surface area contributed by atoms with Crippen LogP contribution in [-0.4, -0.2) is 47.0 Å². The van der Waals surface area contributed by atoms with Crippen molar-refractivity contribution < 1.29 is 9.53 Å². The second-order valence-electron chi connectivity index (χ2n) is 6.73. The second kappa shape index (κ2) is 7.61. The number of rotatable bonds is 6. The number of hydrogen-bond donors (Lipinski definition) is 1. The van der Waals surface area contributed by atoms with E-state index in [1.807, 2.05) is 53.4 Å². The molecule has 1 unspecified atom stereocenters. The molecule has 1 atom stereocenters. The van der Waals surface area contributed by atoms with E-state index in [0.29, 0.717) is 25.3 Å². The summed E-state index contributed by atoms with van der Waals surface area (Å²) in [5.41, 5.74) is 2.91. The van der Waals surface area contributed by atoms with Crippen LogP contribution in [0.3, 0.4) is 0 Å². The molecule has 0 saturated carbocycles. The molecule has 1 aliphatic rings. The molecule has 0 bridgehead atoms. The number of para-hydroxylation sites is 2. The summed E-state index contributed by atoms with van der Waals surface area (Å²) in [5, 5.41) is 3.35. The van der Waals surface area contributed by atoms with Gasteiger partial charge in [0, 0.05) is 19.5 Å². The van der Waals surface area contributed by atoms with E-state index in [0.717, 1.165) is 23.2 Å². The summed E-state index contributed by atoms with van der Waals surface area (Å²) in [6.45, 7) is 1.40. The number of ether oxygens (including phenoxy) is 1. The molecule has 6 nitrogen and oxygen atoms in total. The number of carbonyl (C=O) groups is 1. The van der Waals surface area contributed by atoms with Gasteiger partial charge < -0.3 is 15.0 Å². The Morgan fingerprint density at radius 1 is 1.15 bits per heavy atom. The van der Waals surface area contributed by atoms with Gasteiger partial charge in [0.1, 0.15) is 11.6 Å². The van der Waals surface area contributed by atoms with Crippen LogP contribution in [0.5, 0.6) is 5.75 Å². The molecule has 6 heteroatoms. The fourth-order valence-corrected chi connectivity index (χ4v) is 3.38. The van der Waals surface area contributed by atoms with Gasteiger partial charge >= 0.3 is 0 Å². The SMILES string of the molecule is COc1ccc(CCN2CC(Nc3cnc4ccccc4n3)CC2=O)cc1. The maximum Gasteiger partial charge on any atom is 0.224 e. The highest BCUT2D eigenvalue weighted by atomic mass is 16.5. The predicted molar refractivity (Wildman–Crippen MR) is 105 cm³/mol. The Kier molecular flexibility index (Phi) is 4.87. The fourth-order valence-electron chi connectivity index (χ4n) is 3.38. The van der Waals surface area contributed by atoms with Crippen molar-refractivity contribution in [3.05, 3.63) is 60.3 Å². The minimum Gasteiger partial charge on any atom is -0.497 e. The highest BCUT2D eigenvalue weighted by molar-refractivity contribution is 5.80. The van der Waals surface area contributed by atoms with Crippen molar-refractivity contribution in [2.24, 2.45) is 0 Å². The standard InChI is InChI=1S/C21H22N4O2/c1-27-17-8-6-15(7-9-17)10-11-25-14-16(12-21(25)26)23-20-13-22-18-4-2-3-5-19(18)24-20/h2-9,13,16H,10-12,14H2,1H3,(H,23,24). The largest absolute Gasteiger partial charge is 0.497 e. The molecule has 138 valence electrons. The third-order valence-electron chi connectivity index (χ3n) is 4.84. The maximum absolute atomic E-state index is 12.3. The van der Waals surface area contributed by atoms with E-state index >= 15 is 0 Å². The number of nitrogens with zero attached hydrogens (tertiary/aromatic N) is 3. The lowest BCUT2D eigenvalue weighted by atomic mass is 10.1. The van der Waals surface area contributed by atoms with Gasteiger partial charge in [-0.05, 0) is 36.2 Å². The van der Waals surface area contributed by atoms with Crippen LogP contribution in [0.4, 0.5) is 5.82 Å². The number of amides is 1. The highest BCUT2D eigenvalue weighted by Gasteiger charge is 2.29. The number of hydrogen-bond acceptors (Lipinski definition) is 5. The first-order valence-electron chi connectivity index (χ1n) is 9.10. The van der Waals surface area contributed by atoms with Gasteiger partial charge in [-0.25, -0.2) is 4.98 Å². The Labute approximate surface area is 158 Å². The van der Waals surface area contributed by atoms with E-state index in [1.54, 1.807) is 13.3 Å². The average Bonchev–Trinajstić information content (AvgIpc) is 3.05. The molecule has 0 aliphatic carbocycles. The van der Waals surface area contributed by atoms with Gasteiger partial charge in [-0.15, -0.1) is 0 Å². The number of aromatic nitrogens is 2. The van der Waals surface area contributed by atoms with Crippen molar-refractivity contribution in [3.8, 4) is 5.75 Å². The predicted octanol–water partition coefficient (Wildman–Crippen LogP) is 2.89. The Balaban J connectivity index is 1.35. The molecule has 1 aliphatic heterocycles. The molecule has 4 rings (SSSR count). The first kappa shape index (κ1) is 17.3. The molecule has 2 heterocycles. The van der Waals surface area contributed by atoms with Crippen LogP contribution in [-0.2, 0) is 11.2 Å². The quantitative estimate of drug-likeness (QED) is 0.730. The molecule has 27 heavy (non-hydrogen) atoms. The summed E-state index contributed by atoms with van der Waals surface area (Å²) in [6.07, 6.45) is 3.04. The van der Waals surface area contributed by atoms with Crippen molar-refractivity contribution >= 4 is 22.8 Å². The monoisotopic (exact) mass is 362 g/mol. The van der Waals surface area contributed by atoms with Gasteiger partial charge in [0.05, 0.1) is 30.4 Å². The summed E-state index contributed by atoms with van der Waals surface area (Å²) in [6, 6.07) is 15.8. The summed E-state index contributed by atoms with van der Waals surface area (Å²) in [5.74, 6) is 1.73. The molecule has 3 aromatic rings. The highest BCUT2D eigenvalue weighted by Crippen LogP contribution is 2.18. The molecule has 1 saturated heterocycles. The fraction of sp³-hybridized carbons (Fsp3) is 0.286. The van der Waals surface area contributed by atoms with Crippen LogP contribution in [0.2, 0.25) is 0 Å². The topological polar surface area (TPSA) is 67.3 Å². The second-order valence-corrected chi connectivity index (χ2v) is 6.73. The van der Waals surface area contributed by atoms with Crippen molar-refractivity contribution in [1.82, 2.24) is 14.9 Å². The molecule has 0 spiro atoms. The lowest BCUT2D eigenvalue weighted by Gasteiger charge is -2.17. The normalized spacial score (nSPS) is 16.7. The van der Waals surface area contributed by atoms with Gasteiger partial charge in [-0.2, -0.15) is 0 Å². The molecular formula is C21H22N4O2. The number of anilines is 1. The number of nitrogens with one attached hydrogen (secondary N) is 1. The summed E-state index contributed by atoms with van der Waals surface area (Å²) in [7, 11) is 1.66. The van der Waals surface area contributed by atoms with Crippen LogP contribution in [0.15, 0.2) is 54.7 Å². The summed E-state index contributed by atoms with van der Waals surface area (Å²) < 4.78 is 5.18. The van der Waals surface area contributed by atoms with Gasteiger partial charge in [0.25, 0.3) is 0 Å². The van der Waals surface area contributed by atoms with Crippen LogP contribution < -0.4 is 10.1 Å². The van der Waals surface area contributed by atoms with Gasteiger partial charge in [0.2, 0.25) is 5.91 Å². The summed E-state index contributed by atoms with van der Waals surface area (Å²) in [4.78, 5) is 23.3. The van der Waals surface area contributed by atoms with Crippen molar-refractivity contribution in [2.75, 3.05) is 25.5 Å². The third-order valence-corrected chi connectivity index (χ3v) is 4.84. The number of benzene rings is 2. The van der Waals surface area contributed by atoms with Crippen LogP contribution in [0, 0.1) is 0 Å². The molecule has 1 aromatic heterocycles. The van der Waals surface area contributed by atoms with E-state index in [9.17, 15) is 4.79 Å². The smallest absolute Gasteiger partial charge is 0.224 e. The lowest BCUT2D eigenvalue weighted by Crippen LogP contribution is -2.30. The van der Waals surface area contributed by atoms with E-state index in [4.69, 9.17) is 4.74 Å². The number of likely N-dealkylation sites (tertiary alicyclic amines) is 1. The maximum atomic E-state index is 12.3. The Bertz CT molecular complexity index is 942. The molecule has 0 radical (unpaired) electrons. The molecule has 1 N–H and O–H groups in total. The minimum absolute atomic E-state index is 0.0591. The average molecular weight is 362 g/mol. The first-order chi connectivity index (χ1) is 13.2. The van der Waals surface area contributed by atoms with Crippen LogP contribution in [0.1, 0.15) is 12.0 Å². The van der Waals surface area contributed by atoms with E-state index in [2.05, 4.69) is 15.3 Å². The zero-order chi connectivity index (χ0) is 18.6. The Morgan fingerprint density at radius 3 is 2.70 bits per heavy atom. The first-order valence-corrected chi connectivity index (χ1v) is 9.10. The van der Waals surface area contributed by atoms with Gasteiger partial charge in [-0.3, -0.25) is 9.78 Å². The zero-order valence-electron chi connectivity index (χ0n) is 15.3. The van der Waals surface area contributed by atoms with E-state index < -0.39 is 0 Å². The van der Waals surface area contributed by atoms with Crippen LogP contribution in [0.25, 0.3) is 11.0 Å². The molecule has 2 aromatic carbocycles. The van der Waals surface area contributed by atoms with Gasteiger partial charge in [-0.1, -0.05) is 24.3 Å². The number of methoxy groups -OCH3 is 1. The third kappa shape index (κ3) is 4.00. The van der Waals surface area contributed by atoms with Gasteiger partial charge in [0.15, 0.2) is 0 Å². The molecule has 1 fully saturated rings. The van der Waals surface area contributed by atoms with Crippen molar-refractivity contribution in [1.29, 1.82) is 0 Å². The zero-order valence-corrected chi connectivity index (χ0v) is 15.3. The van der Waals surface area contributed by atoms with Crippen molar-refractivity contribution in [3.63, 3.8) is 0 Å². The minimum atomic E-state index is 0.0591.